The number of oxazole rings is 1. The van der Waals surface area contributed by atoms with Gasteiger partial charge in [0.05, 0.1) is 17.1 Å². The van der Waals surface area contributed by atoms with Crippen LogP contribution in [0.1, 0.15) is 24.6 Å². The zero-order valence-corrected chi connectivity index (χ0v) is 11.2. The van der Waals surface area contributed by atoms with Crippen molar-refractivity contribution in [1.29, 1.82) is 0 Å². The zero-order valence-electron chi connectivity index (χ0n) is 10.4. The average molecular weight is 284 g/mol. The Labute approximate surface area is 110 Å². The molecule has 0 aliphatic carbocycles. The molecule has 1 heterocycles. The average Bonchev–Trinajstić information content (AvgIpc) is 2.76. The van der Waals surface area contributed by atoms with Gasteiger partial charge in [0, 0.05) is 0 Å². The van der Waals surface area contributed by atoms with E-state index < -0.39 is 21.9 Å². The number of benzene rings is 1. The van der Waals surface area contributed by atoms with E-state index >= 15 is 0 Å². The van der Waals surface area contributed by atoms with E-state index in [1.807, 2.05) is 0 Å². The van der Waals surface area contributed by atoms with Crippen LogP contribution >= 0.6 is 0 Å². The largest absolute Gasteiger partial charge is 0.444 e. The molecule has 2 aromatic rings. The number of nitrogens with one attached hydrogen (secondary N) is 1. The first-order valence-corrected chi connectivity index (χ1v) is 7.07. The standard InChI is InChI=1S/C12H13FN2O3S/c1-8-7-14-12(18-8)9(2)15-19(16,17)11-5-3-10(13)4-6-11/h3-7,9,15H,1-2H3. The Balaban J connectivity index is 2.19. The van der Waals surface area contributed by atoms with Gasteiger partial charge in [0.25, 0.3) is 0 Å². The third kappa shape index (κ3) is 3.18. The number of nitrogens with zero attached hydrogens (tertiary/aromatic N) is 1. The molecule has 102 valence electrons. The summed E-state index contributed by atoms with van der Waals surface area (Å²) in [6.07, 6.45) is 1.51. The maximum absolute atomic E-state index is 12.8. The van der Waals surface area contributed by atoms with Crippen molar-refractivity contribution >= 4 is 10.0 Å². The van der Waals surface area contributed by atoms with Crippen LogP contribution in [-0.4, -0.2) is 13.4 Å². The van der Waals surface area contributed by atoms with Crippen LogP contribution in [0.3, 0.4) is 0 Å². The van der Waals surface area contributed by atoms with Crippen molar-refractivity contribution in [3.05, 3.63) is 47.9 Å². The van der Waals surface area contributed by atoms with Crippen LogP contribution in [0.5, 0.6) is 0 Å². The van der Waals surface area contributed by atoms with Gasteiger partial charge in [-0.05, 0) is 38.1 Å². The molecule has 0 fully saturated rings. The minimum Gasteiger partial charge on any atom is -0.444 e. The summed E-state index contributed by atoms with van der Waals surface area (Å²) in [5.41, 5.74) is 0. The van der Waals surface area contributed by atoms with Crippen LogP contribution < -0.4 is 4.72 Å². The van der Waals surface area contributed by atoms with Crippen molar-refractivity contribution in [3.63, 3.8) is 0 Å². The van der Waals surface area contributed by atoms with Gasteiger partial charge in [0.2, 0.25) is 15.9 Å². The fourth-order valence-corrected chi connectivity index (χ4v) is 2.73. The minimum atomic E-state index is -3.73. The number of hydrogen-bond donors (Lipinski definition) is 1. The highest BCUT2D eigenvalue weighted by atomic mass is 32.2. The molecule has 0 aliphatic heterocycles. The van der Waals surface area contributed by atoms with Crippen LogP contribution in [0.2, 0.25) is 0 Å². The fraction of sp³-hybridized carbons (Fsp3) is 0.250. The third-order valence-electron chi connectivity index (χ3n) is 2.47. The Morgan fingerprint density at radius 1 is 1.32 bits per heavy atom. The fourth-order valence-electron chi connectivity index (χ4n) is 1.54. The molecule has 0 saturated heterocycles. The number of halogens is 1. The first kappa shape index (κ1) is 13.7. The molecule has 1 aromatic carbocycles. The second-order valence-corrected chi connectivity index (χ2v) is 5.82. The quantitative estimate of drug-likeness (QED) is 0.933. The predicted molar refractivity (Wildman–Crippen MR) is 66.4 cm³/mol. The molecule has 0 saturated carbocycles. The summed E-state index contributed by atoms with van der Waals surface area (Å²) in [5.74, 6) is 0.390. The van der Waals surface area contributed by atoms with Crippen LogP contribution in [0.15, 0.2) is 39.8 Å². The predicted octanol–water partition coefficient (Wildman–Crippen LogP) is 2.16. The number of sulfonamides is 1. The van der Waals surface area contributed by atoms with Gasteiger partial charge < -0.3 is 4.42 Å². The Hall–Kier alpha value is -1.73. The number of aryl methyl sites for hydroxylation is 1. The van der Waals surface area contributed by atoms with Gasteiger partial charge in [0.15, 0.2) is 0 Å². The Bertz CT molecular complexity index is 665. The van der Waals surface area contributed by atoms with Gasteiger partial charge in [-0.25, -0.2) is 17.8 Å². The maximum atomic E-state index is 12.8. The molecule has 0 spiro atoms. The molecule has 1 atom stereocenters. The summed E-state index contributed by atoms with van der Waals surface area (Å²) in [5, 5.41) is 0. The smallest absolute Gasteiger partial charge is 0.241 e. The van der Waals surface area contributed by atoms with Gasteiger partial charge in [-0.15, -0.1) is 0 Å². The van der Waals surface area contributed by atoms with E-state index in [1.165, 1.54) is 18.3 Å². The first-order valence-electron chi connectivity index (χ1n) is 5.59. The minimum absolute atomic E-state index is 0.0102. The highest BCUT2D eigenvalue weighted by Crippen LogP contribution is 2.17. The first-order chi connectivity index (χ1) is 8.88. The zero-order chi connectivity index (χ0) is 14.0. The van der Waals surface area contributed by atoms with Crippen molar-refractivity contribution < 1.29 is 17.2 Å². The molecule has 0 aliphatic rings. The van der Waals surface area contributed by atoms with Gasteiger partial charge >= 0.3 is 0 Å². The summed E-state index contributed by atoms with van der Waals surface area (Å²) in [6.45, 7) is 3.34. The summed E-state index contributed by atoms with van der Waals surface area (Å²) in [4.78, 5) is 3.94. The summed E-state index contributed by atoms with van der Waals surface area (Å²) in [6, 6.07) is 3.98. The molecule has 0 amide bonds. The van der Waals surface area contributed by atoms with E-state index in [2.05, 4.69) is 9.71 Å². The molecule has 19 heavy (non-hydrogen) atoms. The van der Waals surface area contributed by atoms with Crippen molar-refractivity contribution in [2.24, 2.45) is 0 Å². The van der Waals surface area contributed by atoms with Gasteiger partial charge in [-0.3, -0.25) is 0 Å². The number of aromatic nitrogens is 1. The lowest BCUT2D eigenvalue weighted by molar-refractivity contribution is 0.428. The Kier molecular flexibility index (Phi) is 3.68. The Morgan fingerprint density at radius 3 is 2.47 bits per heavy atom. The lowest BCUT2D eigenvalue weighted by Crippen LogP contribution is -2.27. The lowest BCUT2D eigenvalue weighted by Gasteiger charge is -2.11. The molecule has 5 nitrogen and oxygen atoms in total. The van der Waals surface area contributed by atoms with Crippen molar-refractivity contribution in [2.75, 3.05) is 0 Å². The van der Waals surface area contributed by atoms with E-state index in [1.54, 1.807) is 13.8 Å². The Morgan fingerprint density at radius 2 is 1.95 bits per heavy atom. The second kappa shape index (κ2) is 5.10. The highest BCUT2D eigenvalue weighted by molar-refractivity contribution is 7.89. The van der Waals surface area contributed by atoms with Crippen molar-refractivity contribution in [2.45, 2.75) is 24.8 Å². The summed E-state index contributed by atoms with van der Waals surface area (Å²) in [7, 11) is -3.73. The summed E-state index contributed by atoms with van der Waals surface area (Å²) < 4.78 is 44.5. The molecular weight excluding hydrogens is 271 g/mol. The summed E-state index contributed by atoms with van der Waals surface area (Å²) >= 11 is 0. The second-order valence-electron chi connectivity index (χ2n) is 4.11. The normalized spacial score (nSPS) is 13.4. The molecule has 7 heteroatoms. The monoisotopic (exact) mass is 284 g/mol. The van der Waals surface area contributed by atoms with E-state index in [0.717, 1.165) is 12.1 Å². The topological polar surface area (TPSA) is 72.2 Å². The van der Waals surface area contributed by atoms with Crippen molar-refractivity contribution in [1.82, 2.24) is 9.71 Å². The molecule has 2 rings (SSSR count). The molecule has 0 bridgehead atoms. The molecule has 0 radical (unpaired) electrons. The van der Waals surface area contributed by atoms with Crippen LogP contribution in [-0.2, 0) is 10.0 Å². The lowest BCUT2D eigenvalue weighted by atomic mass is 10.4. The van der Waals surface area contributed by atoms with E-state index in [0.29, 0.717) is 5.76 Å². The molecule has 1 aromatic heterocycles. The van der Waals surface area contributed by atoms with Gasteiger partial charge in [-0.1, -0.05) is 0 Å². The maximum Gasteiger partial charge on any atom is 0.241 e. The molecule has 1 unspecified atom stereocenters. The van der Waals surface area contributed by atoms with E-state index in [-0.39, 0.29) is 10.8 Å². The van der Waals surface area contributed by atoms with E-state index in [4.69, 9.17) is 4.42 Å². The van der Waals surface area contributed by atoms with Gasteiger partial charge in [-0.2, -0.15) is 4.72 Å². The third-order valence-corrected chi connectivity index (χ3v) is 4.02. The van der Waals surface area contributed by atoms with E-state index in [9.17, 15) is 12.8 Å². The number of hydrogen-bond acceptors (Lipinski definition) is 4. The molecular formula is C12H13FN2O3S. The van der Waals surface area contributed by atoms with Crippen LogP contribution in [0.25, 0.3) is 0 Å². The van der Waals surface area contributed by atoms with Crippen LogP contribution in [0, 0.1) is 12.7 Å². The highest BCUT2D eigenvalue weighted by Gasteiger charge is 2.21. The van der Waals surface area contributed by atoms with Crippen LogP contribution in [0.4, 0.5) is 4.39 Å². The molecule has 1 N–H and O–H groups in total. The van der Waals surface area contributed by atoms with Crippen molar-refractivity contribution in [3.8, 4) is 0 Å². The number of rotatable bonds is 4. The van der Waals surface area contributed by atoms with Gasteiger partial charge in [0.1, 0.15) is 11.6 Å². The SMILES string of the molecule is Cc1cnc(C(C)NS(=O)(=O)c2ccc(F)cc2)o1.